The van der Waals surface area contributed by atoms with Crippen molar-refractivity contribution in [2.45, 2.75) is 19.1 Å². The van der Waals surface area contributed by atoms with Crippen LogP contribution in [0.5, 0.6) is 11.5 Å². The molecule has 0 spiro atoms. The molecule has 0 aromatic heterocycles. The molecule has 0 radical (unpaired) electrons. The third-order valence-corrected chi connectivity index (χ3v) is 5.95. The highest BCUT2D eigenvalue weighted by molar-refractivity contribution is 6.10. The first kappa shape index (κ1) is 22.9. The van der Waals surface area contributed by atoms with Crippen LogP contribution in [0.3, 0.4) is 0 Å². The van der Waals surface area contributed by atoms with Crippen molar-refractivity contribution < 1.29 is 23.8 Å². The number of morpholine rings is 1. The number of rotatable bonds is 6. The zero-order valence-corrected chi connectivity index (χ0v) is 19.4. The van der Waals surface area contributed by atoms with Crippen molar-refractivity contribution in [2.75, 3.05) is 37.1 Å². The highest BCUT2D eigenvalue weighted by atomic mass is 16.7. The highest BCUT2D eigenvalue weighted by Gasteiger charge is 2.28. The number of amides is 2. The topological polar surface area (TPSA) is 89.1 Å². The number of ether oxygens (including phenoxy) is 3. The summed E-state index contributed by atoms with van der Waals surface area (Å²) in [6.45, 7) is 3.65. The Morgan fingerprint density at radius 1 is 0.914 bits per heavy atom. The average molecular weight is 474 g/mol. The van der Waals surface area contributed by atoms with Crippen LogP contribution in [0.2, 0.25) is 0 Å². The number of para-hydroxylation sites is 1. The van der Waals surface area contributed by atoms with E-state index in [1.807, 2.05) is 37.3 Å². The van der Waals surface area contributed by atoms with Crippen molar-refractivity contribution in [1.29, 1.82) is 0 Å². The Balaban J connectivity index is 1.23. The lowest BCUT2D eigenvalue weighted by Gasteiger charge is -2.36. The van der Waals surface area contributed by atoms with Crippen molar-refractivity contribution in [1.82, 2.24) is 4.90 Å². The van der Waals surface area contributed by atoms with Crippen LogP contribution in [0.1, 0.15) is 28.9 Å². The molecule has 0 aliphatic carbocycles. The molecule has 2 N–H and O–H groups in total. The molecule has 8 heteroatoms. The van der Waals surface area contributed by atoms with Gasteiger partial charge >= 0.3 is 0 Å². The van der Waals surface area contributed by atoms with Gasteiger partial charge in [-0.25, -0.2) is 0 Å². The lowest BCUT2D eigenvalue weighted by atomic mass is 10.1. The monoisotopic (exact) mass is 473 g/mol. The van der Waals surface area contributed by atoms with Crippen LogP contribution < -0.4 is 20.1 Å². The normalized spacial score (nSPS) is 19.2. The van der Waals surface area contributed by atoms with Crippen LogP contribution in [0.25, 0.3) is 0 Å². The van der Waals surface area contributed by atoms with Crippen LogP contribution in [-0.4, -0.2) is 49.2 Å². The minimum absolute atomic E-state index is 0.00141. The van der Waals surface area contributed by atoms with Crippen LogP contribution in [0.4, 0.5) is 11.4 Å². The number of hydrogen-bond donors (Lipinski definition) is 2. The van der Waals surface area contributed by atoms with Crippen molar-refractivity contribution in [3.8, 4) is 11.5 Å². The van der Waals surface area contributed by atoms with Gasteiger partial charge in [0.15, 0.2) is 11.5 Å². The first-order chi connectivity index (χ1) is 17.0. The molecule has 0 bridgehead atoms. The Morgan fingerprint density at radius 3 is 2.54 bits per heavy atom. The molecule has 8 nitrogen and oxygen atoms in total. The summed E-state index contributed by atoms with van der Waals surface area (Å²) in [6.07, 6.45) is -0.0889. The minimum Gasteiger partial charge on any atom is -0.454 e. The van der Waals surface area contributed by atoms with Gasteiger partial charge in [-0.15, -0.1) is 0 Å². The van der Waals surface area contributed by atoms with Crippen molar-refractivity contribution in [3.63, 3.8) is 0 Å². The SMILES string of the molecule is CC1CN(CC(=O)Nc2ccccc2C(=O)Nc2ccc3c(c2)OCO3)CC(c2ccccc2)O1. The smallest absolute Gasteiger partial charge is 0.257 e. The summed E-state index contributed by atoms with van der Waals surface area (Å²) in [4.78, 5) is 28.0. The van der Waals surface area contributed by atoms with Gasteiger partial charge in [-0.3, -0.25) is 14.5 Å². The second kappa shape index (κ2) is 10.2. The number of nitrogens with zero attached hydrogens (tertiary/aromatic N) is 1. The fraction of sp³-hybridized carbons (Fsp3) is 0.259. The Bertz CT molecular complexity index is 1220. The van der Waals surface area contributed by atoms with Crippen LogP contribution in [0, 0.1) is 0 Å². The Labute approximate surface area is 203 Å². The summed E-state index contributed by atoms with van der Waals surface area (Å²) in [7, 11) is 0. The van der Waals surface area contributed by atoms with Crippen molar-refractivity contribution in [3.05, 3.63) is 83.9 Å². The standard InChI is InChI=1S/C27H27N3O5/c1-18-14-30(15-25(35-18)19-7-3-2-4-8-19)16-26(31)29-22-10-6-5-9-21(22)27(32)28-20-11-12-23-24(13-20)34-17-33-23/h2-13,18,25H,14-17H2,1H3,(H,28,32)(H,29,31). The third kappa shape index (κ3) is 5.45. The van der Waals surface area contributed by atoms with E-state index in [0.717, 1.165) is 5.56 Å². The summed E-state index contributed by atoms with van der Waals surface area (Å²) in [5.74, 6) is 0.707. The van der Waals surface area contributed by atoms with Gasteiger partial charge in [-0.1, -0.05) is 42.5 Å². The van der Waals surface area contributed by atoms with Gasteiger partial charge in [0.1, 0.15) is 0 Å². The number of nitrogens with one attached hydrogen (secondary N) is 2. The molecule has 2 atom stereocenters. The summed E-state index contributed by atoms with van der Waals surface area (Å²) in [6, 6.07) is 22.2. The zero-order chi connectivity index (χ0) is 24.2. The average Bonchev–Trinajstić information content (AvgIpc) is 3.32. The third-order valence-electron chi connectivity index (χ3n) is 5.95. The van der Waals surface area contributed by atoms with Gasteiger partial charge < -0.3 is 24.8 Å². The fourth-order valence-electron chi connectivity index (χ4n) is 4.38. The van der Waals surface area contributed by atoms with E-state index in [4.69, 9.17) is 14.2 Å². The summed E-state index contributed by atoms with van der Waals surface area (Å²) >= 11 is 0. The number of benzene rings is 3. The van der Waals surface area contributed by atoms with Crippen molar-refractivity contribution >= 4 is 23.2 Å². The van der Waals surface area contributed by atoms with Gasteiger partial charge in [-0.05, 0) is 36.8 Å². The summed E-state index contributed by atoms with van der Waals surface area (Å²) < 4.78 is 16.8. The van der Waals surface area contributed by atoms with Crippen LogP contribution in [0.15, 0.2) is 72.8 Å². The number of anilines is 2. The second-order valence-corrected chi connectivity index (χ2v) is 8.66. The van der Waals surface area contributed by atoms with Crippen LogP contribution >= 0.6 is 0 Å². The summed E-state index contributed by atoms with van der Waals surface area (Å²) in [5, 5.41) is 5.77. The van der Waals surface area contributed by atoms with E-state index in [9.17, 15) is 9.59 Å². The van der Waals surface area contributed by atoms with Gasteiger partial charge in [0.25, 0.3) is 5.91 Å². The zero-order valence-electron chi connectivity index (χ0n) is 19.4. The van der Waals surface area contributed by atoms with E-state index in [0.29, 0.717) is 41.5 Å². The Kier molecular flexibility index (Phi) is 6.65. The predicted octanol–water partition coefficient (Wildman–Crippen LogP) is 4.07. The summed E-state index contributed by atoms with van der Waals surface area (Å²) in [5.41, 5.74) is 2.50. The van der Waals surface area contributed by atoms with E-state index in [-0.39, 0.29) is 37.4 Å². The van der Waals surface area contributed by atoms with E-state index >= 15 is 0 Å². The lowest BCUT2D eigenvalue weighted by molar-refractivity contribution is -0.122. The molecule has 5 rings (SSSR count). The molecule has 35 heavy (non-hydrogen) atoms. The first-order valence-electron chi connectivity index (χ1n) is 11.6. The van der Waals surface area contributed by atoms with E-state index in [1.165, 1.54) is 0 Å². The molecule has 0 saturated carbocycles. The molecule has 3 aromatic rings. The maximum Gasteiger partial charge on any atom is 0.257 e. The highest BCUT2D eigenvalue weighted by Crippen LogP contribution is 2.34. The van der Waals surface area contributed by atoms with Gasteiger partial charge in [0.05, 0.1) is 30.0 Å². The molecule has 2 aliphatic rings. The fourth-order valence-corrected chi connectivity index (χ4v) is 4.38. The first-order valence-corrected chi connectivity index (χ1v) is 11.6. The van der Waals surface area contributed by atoms with Crippen molar-refractivity contribution in [2.24, 2.45) is 0 Å². The molecular weight excluding hydrogens is 446 g/mol. The second-order valence-electron chi connectivity index (χ2n) is 8.66. The van der Waals surface area contributed by atoms with Gasteiger partial charge in [0, 0.05) is 24.8 Å². The lowest BCUT2D eigenvalue weighted by Crippen LogP contribution is -2.46. The molecule has 2 unspecified atom stereocenters. The largest absolute Gasteiger partial charge is 0.454 e. The molecule has 2 heterocycles. The molecule has 3 aromatic carbocycles. The molecule has 2 amide bonds. The maximum absolute atomic E-state index is 13.0. The number of carbonyl (C=O) groups is 2. The molecular formula is C27H27N3O5. The maximum atomic E-state index is 13.0. The predicted molar refractivity (Wildman–Crippen MR) is 132 cm³/mol. The Morgan fingerprint density at radius 2 is 1.69 bits per heavy atom. The Hall–Kier alpha value is -3.88. The minimum atomic E-state index is -0.330. The molecule has 2 aliphatic heterocycles. The van der Waals surface area contributed by atoms with E-state index in [2.05, 4.69) is 15.5 Å². The van der Waals surface area contributed by atoms with E-state index < -0.39 is 0 Å². The van der Waals surface area contributed by atoms with Gasteiger partial charge in [0.2, 0.25) is 12.7 Å². The van der Waals surface area contributed by atoms with Gasteiger partial charge in [-0.2, -0.15) is 0 Å². The molecule has 1 saturated heterocycles. The molecule has 1 fully saturated rings. The number of carbonyl (C=O) groups excluding carboxylic acids is 2. The number of hydrogen-bond acceptors (Lipinski definition) is 6. The van der Waals surface area contributed by atoms with Crippen LogP contribution in [-0.2, 0) is 9.53 Å². The van der Waals surface area contributed by atoms with E-state index in [1.54, 1.807) is 42.5 Å². The quantitative estimate of drug-likeness (QED) is 0.561. The molecule has 180 valence electrons. The number of fused-ring (bicyclic) bond motifs is 1.